The number of aromatic nitrogens is 2. The molecule has 1 amide bonds. The summed E-state index contributed by atoms with van der Waals surface area (Å²) in [5.74, 6) is 0.0366. The van der Waals surface area contributed by atoms with Crippen LogP contribution in [0.3, 0.4) is 0 Å². The maximum absolute atomic E-state index is 12.4. The third-order valence-corrected chi connectivity index (χ3v) is 3.30. The van der Waals surface area contributed by atoms with Crippen molar-refractivity contribution in [2.24, 2.45) is 0 Å². The van der Waals surface area contributed by atoms with E-state index >= 15 is 0 Å². The molecule has 4 nitrogen and oxygen atoms in total. The molecule has 0 radical (unpaired) electrons. The number of hydrogen-bond acceptors (Lipinski definition) is 2. The first-order valence-corrected chi connectivity index (χ1v) is 6.14. The number of imidazole rings is 1. The van der Waals surface area contributed by atoms with E-state index < -0.39 is 0 Å². The van der Waals surface area contributed by atoms with Crippen LogP contribution in [-0.4, -0.2) is 33.3 Å². The summed E-state index contributed by atoms with van der Waals surface area (Å²) in [7, 11) is 0. The number of pyridine rings is 1. The summed E-state index contributed by atoms with van der Waals surface area (Å²) in [6.45, 7) is 5.44. The van der Waals surface area contributed by atoms with Gasteiger partial charge in [0, 0.05) is 19.3 Å². The third kappa shape index (κ3) is 1.79. The molecule has 1 aliphatic rings. The molecule has 0 N–H and O–H groups in total. The molecule has 4 heteroatoms. The molecule has 0 aliphatic carbocycles. The highest BCUT2D eigenvalue weighted by Crippen LogP contribution is 2.17. The van der Waals surface area contributed by atoms with Crippen molar-refractivity contribution in [3.63, 3.8) is 0 Å². The number of fused-ring (bicyclic) bond motifs is 1. The molecule has 1 aliphatic heterocycles. The number of piperidine rings is 1. The van der Waals surface area contributed by atoms with Gasteiger partial charge in [0.1, 0.15) is 11.3 Å². The van der Waals surface area contributed by atoms with Gasteiger partial charge in [-0.1, -0.05) is 18.2 Å². The molecule has 1 fully saturated rings. The van der Waals surface area contributed by atoms with Crippen LogP contribution < -0.4 is 0 Å². The quantitative estimate of drug-likeness (QED) is 0.717. The zero-order valence-corrected chi connectivity index (χ0v) is 10.2. The fourth-order valence-corrected chi connectivity index (χ4v) is 2.37. The fraction of sp³-hybridized carbons (Fsp3) is 0.286. The summed E-state index contributed by atoms with van der Waals surface area (Å²) in [4.78, 5) is 18.5. The molecule has 0 aromatic carbocycles. The minimum Gasteiger partial charge on any atom is -0.333 e. The summed E-state index contributed by atoms with van der Waals surface area (Å²) in [6, 6.07) is 5.71. The van der Waals surface area contributed by atoms with E-state index in [1.54, 1.807) is 6.20 Å². The molecule has 2 aromatic rings. The zero-order valence-electron chi connectivity index (χ0n) is 10.2. The van der Waals surface area contributed by atoms with E-state index in [0.29, 0.717) is 12.2 Å². The molecule has 92 valence electrons. The maximum atomic E-state index is 12.4. The van der Waals surface area contributed by atoms with Gasteiger partial charge in [0.15, 0.2) is 0 Å². The van der Waals surface area contributed by atoms with Crippen molar-refractivity contribution in [2.75, 3.05) is 13.1 Å². The van der Waals surface area contributed by atoms with Gasteiger partial charge in [-0.3, -0.25) is 9.20 Å². The number of nitrogens with zero attached hydrogens (tertiary/aromatic N) is 3. The Balaban J connectivity index is 1.94. The Hall–Kier alpha value is -2.10. The van der Waals surface area contributed by atoms with Gasteiger partial charge in [-0.25, -0.2) is 4.98 Å². The number of rotatable bonds is 1. The molecule has 3 rings (SSSR count). The van der Waals surface area contributed by atoms with E-state index in [9.17, 15) is 4.79 Å². The van der Waals surface area contributed by atoms with Crippen LogP contribution in [0.15, 0.2) is 42.7 Å². The normalized spacial score (nSPS) is 16.2. The van der Waals surface area contributed by atoms with Crippen LogP contribution in [0.1, 0.15) is 23.3 Å². The van der Waals surface area contributed by atoms with Crippen LogP contribution in [0, 0.1) is 0 Å². The lowest BCUT2D eigenvalue weighted by molar-refractivity contribution is 0.0745. The Bertz CT molecular complexity index is 614. The van der Waals surface area contributed by atoms with Gasteiger partial charge in [-0.15, -0.1) is 0 Å². The monoisotopic (exact) mass is 241 g/mol. The van der Waals surface area contributed by atoms with Crippen LogP contribution in [-0.2, 0) is 0 Å². The number of hydrogen-bond donors (Lipinski definition) is 0. The molecular formula is C14H15N3O. The van der Waals surface area contributed by atoms with Gasteiger partial charge in [0.05, 0.1) is 6.20 Å². The molecule has 3 heterocycles. The number of carbonyl (C=O) groups excluding carboxylic acids is 1. The Morgan fingerprint density at radius 2 is 2.28 bits per heavy atom. The summed E-state index contributed by atoms with van der Waals surface area (Å²) in [6.07, 6.45) is 5.54. The molecule has 0 atom stereocenters. The largest absolute Gasteiger partial charge is 0.333 e. The summed E-state index contributed by atoms with van der Waals surface area (Å²) in [5.41, 5.74) is 2.56. The highest BCUT2D eigenvalue weighted by molar-refractivity contribution is 5.93. The van der Waals surface area contributed by atoms with Crippen molar-refractivity contribution < 1.29 is 4.79 Å². The van der Waals surface area contributed by atoms with Gasteiger partial charge in [0.2, 0.25) is 0 Å². The van der Waals surface area contributed by atoms with E-state index in [2.05, 4.69) is 11.6 Å². The van der Waals surface area contributed by atoms with Crippen molar-refractivity contribution in [1.82, 2.24) is 14.3 Å². The van der Waals surface area contributed by atoms with E-state index in [1.165, 1.54) is 0 Å². The van der Waals surface area contributed by atoms with Gasteiger partial charge in [0.25, 0.3) is 5.91 Å². The van der Waals surface area contributed by atoms with Crippen LogP contribution in [0.25, 0.3) is 5.65 Å². The number of likely N-dealkylation sites (tertiary alicyclic amines) is 1. The van der Waals surface area contributed by atoms with Crippen molar-refractivity contribution in [1.29, 1.82) is 0 Å². The molecule has 18 heavy (non-hydrogen) atoms. The average molecular weight is 241 g/mol. The van der Waals surface area contributed by atoms with Crippen molar-refractivity contribution in [3.8, 4) is 0 Å². The Morgan fingerprint density at radius 3 is 3.11 bits per heavy atom. The Kier molecular flexibility index (Phi) is 2.63. The van der Waals surface area contributed by atoms with E-state index in [1.807, 2.05) is 33.7 Å². The minimum absolute atomic E-state index is 0.0366. The van der Waals surface area contributed by atoms with Gasteiger partial charge < -0.3 is 4.90 Å². The first kappa shape index (κ1) is 11.0. The number of carbonyl (C=O) groups is 1. The standard InChI is InChI=1S/C14H15N3O/c1-11-5-4-7-16(10-11)14(18)12-9-15-13-6-2-3-8-17(12)13/h2-3,6,8-9H,1,4-5,7,10H2. The second-order valence-corrected chi connectivity index (χ2v) is 4.65. The number of amides is 1. The molecule has 1 saturated heterocycles. The molecule has 0 unspecified atom stereocenters. The predicted molar refractivity (Wildman–Crippen MR) is 69.5 cm³/mol. The van der Waals surface area contributed by atoms with Crippen LogP contribution in [0.2, 0.25) is 0 Å². The van der Waals surface area contributed by atoms with E-state index in [0.717, 1.165) is 30.6 Å². The lowest BCUT2D eigenvalue weighted by Crippen LogP contribution is -2.37. The summed E-state index contributed by atoms with van der Waals surface area (Å²) < 4.78 is 1.83. The van der Waals surface area contributed by atoms with Gasteiger partial charge in [-0.2, -0.15) is 0 Å². The Labute approximate surface area is 106 Å². The van der Waals surface area contributed by atoms with Crippen molar-refractivity contribution >= 4 is 11.6 Å². The Morgan fingerprint density at radius 1 is 1.39 bits per heavy atom. The highest BCUT2D eigenvalue weighted by Gasteiger charge is 2.22. The van der Waals surface area contributed by atoms with E-state index in [-0.39, 0.29) is 5.91 Å². The second kappa shape index (κ2) is 4.29. The topological polar surface area (TPSA) is 37.6 Å². The zero-order chi connectivity index (χ0) is 12.5. The molecule has 0 saturated carbocycles. The van der Waals surface area contributed by atoms with Crippen molar-refractivity contribution in [2.45, 2.75) is 12.8 Å². The predicted octanol–water partition coefficient (Wildman–Crippen LogP) is 2.13. The SMILES string of the molecule is C=C1CCCN(C(=O)c2cnc3ccccn23)C1. The summed E-state index contributed by atoms with van der Waals surface area (Å²) >= 11 is 0. The smallest absolute Gasteiger partial charge is 0.272 e. The van der Waals surface area contributed by atoms with Crippen LogP contribution >= 0.6 is 0 Å². The summed E-state index contributed by atoms with van der Waals surface area (Å²) in [5, 5.41) is 0. The highest BCUT2D eigenvalue weighted by atomic mass is 16.2. The molecule has 0 spiro atoms. The van der Waals surface area contributed by atoms with E-state index in [4.69, 9.17) is 0 Å². The lowest BCUT2D eigenvalue weighted by atomic mass is 10.1. The fourth-order valence-electron chi connectivity index (χ4n) is 2.37. The second-order valence-electron chi connectivity index (χ2n) is 4.65. The first-order chi connectivity index (χ1) is 8.75. The van der Waals surface area contributed by atoms with Gasteiger partial charge >= 0.3 is 0 Å². The molecular weight excluding hydrogens is 226 g/mol. The lowest BCUT2D eigenvalue weighted by Gasteiger charge is -2.27. The average Bonchev–Trinajstić information content (AvgIpc) is 2.82. The van der Waals surface area contributed by atoms with Crippen molar-refractivity contribution in [3.05, 3.63) is 48.4 Å². The third-order valence-electron chi connectivity index (χ3n) is 3.30. The minimum atomic E-state index is 0.0366. The van der Waals surface area contributed by atoms with Crippen LogP contribution in [0.5, 0.6) is 0 Å². The molecule has 0 bridgehead atoms. The van der Waals surface area contributed by atoms with Crippen LogP contribution in [0.4, 0.5) is 0 Å². The maximum Gasteiger partial charge on any atom is 0.272 e. The van der Waals surface area contributed by atoms with Gasteiger partial charge in [-0.05, 0) is 25.0 Å². The first-order valence-electron chi connectivity index (χ1n) is 6.14. The molecule has 2 aromatic heterocycles.